The molecule has 0 aliphatic carbocycles. The Kier molecular flexibility index (Phi) is 6.11. The summed E-state index contributed by atoms with van der Waals surface area (Å²) in [5.41, 5.74) is 2.17. The zero-order valence-corrected chi connectivity index (χ0v) is 21.4. The van der Waals surface area contributed by atoms with E-state index in [0.29, 0.717) is 29.9 Å². The Balaban J connectivity index is 1.07. The predicted molar refractivity (Wildman–Crippen MR) is 137 cm³/mol. The summed E-state index contributed by atoms with van der Waals surface area (Å²) in [5.74, 6) is 0.231. The van der Waals surface area contributed by atoms with E-state index >= 15 is 0 Å². The van der Waals surface area contributed by atoms with Crippen molar-refractivity contribution in [1.82, 2.24) is 19.8 Å². The van der Waals surface area contributed by atoms with Crippen LogP contribution in [-0.2, 0) is 11.3 Å². The molecule has 2 atom stereocenters. The normalized spacial score (nSPS) is 25.1. The monoisotopic (exact) mass is 529 g/mol. The summed E-state index contributed by atoms with van der Waals surface area (Å²) < 4.78 is 0.729. The van der Waals surface area contributed by atoms with Gasteiger partial charge in [0.25, 0.3) is 0 Å². The molecule has 37 heavy (non-hydrogen) atoms. The summed E-state index contributed by atoms with van der Waals surface area (Å²) in [6, 6.07) is 8.62. The van der Waals surface area contributed by atoms with Crippen LogP contribution in [0.15, 0.2) is 30.3 Å². The first-order valence-electron chi connectivity index (χ1n) is 12.9. The number of nitrogens with zero attached hydrogens (tertiary/aromatic N) is 4. The molecule has 11 heteroatoms. The second-order valence-corrected chi connectivity index (χ2v) is 11.3. The molecule has 1 aromatic heterocycles. The van der Waals surface area contributed by atoms with Crippen molar-refractivity contribution in [3.05, 3.63) is 40.9 Å². The Bertz CT molecular complexity index is 1180. The number of piperidine rings is 1. The molecule has 5 heterocycles. The van der Waals surface area contributed by atoms with Crippen molar-refractivity contribution in [3.63, 3.8) is 0 Å². The van der Waals surface area contributed by atoms with Gasteiger partial charge in [0.1, 0.15) is 0 Å². The molecule has 1 aromatic carbocycles. The molecule has 0 bridgehead atoms. The van der Waals surface area contributed by atoms with Crippen molar-refractivity contribution in [3.8, 4) is 11.8 Å². The quantitative estimate of drug-likeness (QED) is 0.557. The first-order valence-corrected chi connectivity index (χ1v) is 13.3. The van der Waals surface area contributed by atoms with Crippen molar-refractivity contribution < 1.29 is 24.6 Å². The molecule has 4 aliphatic heterocycles. The lowest BCUT2D eigenvalue weighted by Crippen LogP contribution is -2.44. The third-order valence-electron chi connectivity index (χ3n) is 8.66. The van der Waals surface area contributed by atoms with Gasteiger partial charge < -0.3 is 30.2 Å². The Morgan fingerprint density at radius 2 is 1.70 bits per heavy atom. The van der Waals surface area contributed by atoms with Crippen LogP contribution in [0.3, 0.4) is 0 Å². The van der Waals surface area contributed by atoms with E-state index in [4.69, 9.17) is 16.4 Å². The SMILES string of the molecule is O=C(On1c(O)ccc1O)N1CC2CN(Cc3ccc(Cl)cc3N3CCC4(CCNC4=O)CC3)CC2C1. The number of aromatic hydroxyl groups is 2. The number of carbonyl (C=O) groups excluding carboxylic acids is 2. The fourth-order valence-corrected chi connectivity index (χ4v) is 6.74. The van der Waals surface area contributed by atoms with Gasteiger partial charge in [0.15, 0.2) is 0 Å². The van der Waals surface area contributed by atoms with Crippen LogP contribution in [0, 0.1) is 17.3 Å². The van der Waals surface area contributed by atoms with E-state index in [1.165, 1.54) is 17.7 Å². The van der Waals surface area contributed by atoms with Crippen LogP contribution in [0.2, 0.25) is 5.02 Å². The molecule has 10 nitrogen and oxygen atoms in total. The number of halogens is 1. The highest BCUT2D eigenvalue weighted by atomic mass is 35.5. The Morgan fingerprint density at radius 1 is 1.03 bits per heavy atom. The summed E-state index contributed by atoms with van der Waals surface area (Å²) in [7, 11) is 0. The Labute approximate surface area is 220 Å². The molecule has 0 radical (unpaired) electrons. The molecular formula is C26H32ClN5O5. The topological polar surface area (TPSA) is 111 Å². The second-order valence-electron chi connectivity index (χ2n) is 10.9. The maximum absolute atomic E-state index is 12.6. The van der Waals surface area contributed by atoms with E-state index in [-0.39, 0.29) is 23.1 Å². The molecule has 0 saturated carbocycles. The number of aromatic nitrogens is 1. The fourth-order valence-electron chi connectivity index (χ4n) is 6.57. The van der Waals surface area contributed by atoms with Crippen molar-refractivity contribution >= 4 is 29.3 Å². The number of carbonyl (C=O) groups is 2. The van der Waals surface area contributed by atoms with Crippen LogP contribution in [-0.4, -0.2) is 82.6 Å². The van der Waals surface area contributed by atoms with Gasteiger partial charge in [0.2, 0.25) is 17.7 Å². The van der Waals surface area contributed by atoms with Gasteiger partial charge in [-0.05, 0) is 48.8 Å². The van der Waals surface area contributed by atoms with Crippen LogP contribution in [0.25, 0.3) is 0 Å². The number of nitrogens with one attached hydrogen (secondary N) is 1. The molecule has 6 rings (SSSR count). The van der Waals surface area contributed by atoms with Gasteiger partial charge in [-0.3, -0.25) is 9.69 Å². The van der Waals surface area contributed by atoms with E-state index in [0.717, 1.165) is 68.9 Å². The number of benzene rings is 1. The van der Waals surface area contributed by atoms with Crippen LogP contribution < -0.4 is 15.1 Å². The molecule has 4 saturated heterocycles. The predicted octanol–water partition coefficient (Wildman–Crippen LogP) is 2.27. The molecular weight excluding hydrogens is 498 g/mol. The largest absolute Gasteiger partial charge is 0.492 e. The van der Waals surface area contributed by atoms with Gasteiger partial charge in [0.05, 0.1) is 5.41 Å². The minimum atomic E-state index is -0.582. The number of fused-ring (bicyclic) bond motifs is 1. The maximum atomic E-state index is 12.6. The van der Waals surface area contributed by atoms with E-state index in [1.807, 2.05) is 12.1 Å². The van der Waals surface area contributed by atoms with Gasteiger partial charge >= 0.3 is 6.09 Å². The first kappa shape index (κ1) is 24.2. The minimum Gasteiger partial charge on any atom is -0.492 e. The molecule has 2 amide bonds. The highest BCUT2D eigenvalue weighted by Crippen LogP contribution is 2.41. The number of hydrogen-bond acceptors (Lipinski definition) is 7. The van der Waals surface area contributed by atoms with Crippen molar-refractivity contribution in [2.75, 3.05) is 50.7 Å². The third-order valence-corrected chi connectivity index (χ3v) is 8.90. The summed E-state index contributed by atoms with van der Waals surface area (Å²) in [5, 5.41) is 23.2. The van der Waals surface area contributed by atoms with Crippen molar-refractivity contribution in [2.45, 2.75) is 25.8 Å². The summed E-state index contributed by atoms with van der Waals surface area (Å²) >= 11 is 6.40. The molecule has 2 unspecified atom stereocenters. The second kappa shape index (κ2) is 9.33. The number of anilines is 1. The zero-order chi connectivity index (χ0) is 25.7. The molecule has 4 fully saturated rings. The summed E-state index contributed by atoms with van der Waals surface area (Å²) in [4.78, 5) is 36.6. The summed E-state index contributed by atoms with van der Waals surface area (Å²) in [6.07, 6.45) is 2.07. The van der Waals surface area contributed by atoms with Crippen LogP contribution in [0.4, 0.5) is 10.5 Å². The van der Waals surface area contributed by atoms with Crippen LogP contribution >= 0.6 is 11.6 Å². The van der Waals surface area contributed by atoms with E-state index < -0.39 is 6.09 Å². The van der Waals surface area contributed by atoms with Gasteiger partial charge in [-0.25, -0.2) is 4.79 Å². The minimum absolute atomic E-state index is 0.201. The first-order chi connectivity index (χ1) is 17.8. The highest BCUT2D eigenvalue weighted by molar-refractivity contribution is 6.30. The zero-order valence-electron chi connectivity index (χ0n) is 20.6. The third kappa shape index (κ3) is 4.46. The average molecular weight is 530 g/mol. The fraction of sp³-hybridized carbons (Fsp3) is 0.538. The highest BCUT2D eigenvalue weighted by Gasteiger charge is 2.45. The van der Waals surface area contributed by atoms with Crippen LogP contribution in [0.1, 0.15) is 24.8 Å². The van der Waals surface area contributed by atoms with E-state index in [1.54, 1.807) is 4.90 Å². The molecule has 2 aromatic rings. The van der Waals surface area contributed by atoms with Gasteiger partial charge in [0, 0.05) is 75.2 Å². The lowest BCUT2D eigenvalue weighted by Gasteiger charge is -2.39. The van der Waals surface area contributed by atoms with Gasteiger partial charge in [-0.2, -0.15) is 0 Å². The van der Waals surface area contributed by atoms with E-state index in [9.17, 15) is 19.8 Å². The van der Waals surface area contributed by atoms with Crippen molar-refractivity contribution in [1.29, 1.82) is 0 Å². The number of amides is 2. The molecule has 3 N–H and O–H groups in total. The lowest BCUT2D eigenvalue weighted by molar-refractivity contribution is -0.128. The molecule has 4 aliphatic rings. The number of hydrogen-bond donors (Lipinski definition) is 3. The smallest absolute Gasteiger partial charge is 0.434 e. The number of likely N-dealkylation sites (tertiary alicyclic amines) is 2. The Hall–Kier alpha value is -3.11. The Morgan fingerprint density at radius 3 is 2.32 bits per heavy atom. The lowest BCUT2D eigenvalue weighted by atomic mass is 9.77. The van der Waals surface area contributed by atoms with E-state index in [2.05, 4.69) is 21.2 Å². The molecule has 1 spiro atoms. The number of rotatable bonds is 4. The maximum Gasteiger partial charge on any atom is 0.434 e. The standard InChI is InChI=1S/C26H32ClN5O5/c27-20-2-1-17(21(11-20)30-9-6-26(7-10-30)5-8-28-24(26)35)12-29-13-18-15-31(16-19(18)14-29)25(36)37-32-22(33)3-4-23(32)34/h1-4,11,18-19,33-34H,5-10,12-16H2,(H,28,35). The van der Waals surface area contributed by atoms with Gasteiger partial charge in [-0.15, -0.1) is 4.73 Å². The molecule has 198 valence electrons. The average Bonchev–Trinajstić information content (AvgIpc) is 3.62. The van der Waals surface area contributed by atoms with Gasteiger partial charge in [-0.1, -0.05) is 17.7 Å². The summed E-state index contributed by atoms with van der Waals surface area (Å²) in [6.45, 7) is 6.17. The van der Waals surface area contributed by atoms with Crippen LogP contribution in [0.5, 0.6) is 11.8 Å². The van der Waals surface area contributed by atoms with Crippen molar-refractivity contribution in [2.24, 2.45) is 17.3 Å².